The highest BCUT2D eigenvalue weighted by molar-refractivity contribution is 6.17. The molecule has 6 aromatic rings. The second-order valence-corrected chi connectivity index (χ2v) is 10.9. The molecule has 0 atom stereocenters. The van der Waals surface area contributed by atoms with E-state index >= 15 is 0 Å². The van der Waals surface area contributed by atoms with Crippen LogP contribution in [0, 0.1) is 5.41 Å². The molecule has 0 heterocycles. The molecule has 2 aliphatic carbocycles. The zero-order valence-corrected chi connectivity index (χ0v) is 23.4. The van der Waals surface area contributed by atoms with Crippen molar-refractivity contribution in [1.29, 1.82) is 5.41 Å². The molecule has 0 amide bonds. The van der Waals surface area contributed by atoms with Gasteiger partial charge >= 0.3 is 0 Å². The number of nitrogens with one attached hydrogen (secondary N) is 1. The van der Waals surface area contributed by atoms with Crippen molar-refractivity contribution in [3.8, 4) is 22.3 Å². The molecular formula is C40H27N3. The van der Waals surface area contributed by atoms with Crippen LogP contribution in [0.15, 0.2) is 162 Å². The average molecular weight is 550 g/mol. The third-order valence-corrected chi connectivity index (χ3v) is 8.66. The fourth-order valence-electron chi connectivity index (χ4n) is 6.93. The van der Waals surface area contributed by atoms with Crippen molar-refractivity contribution in [2.45, 2.75) is 5.41 Å². The van der Waals surface area contributed by atoms with Gasteiger partial charge in [0.2, 0.25) is 0 Å². The summed E-state index contributed by atoms with van der Waals surface area (Å²) < 4.78 is 0. The Kier molecular flexibility index (Phi) is 5.83. The van der Waals surface area contributed by atoms with Crippen molar-refractivity contribution in [1.82, 2.24) is 0 Å². The van der Waals surface area contributed by atoms with E-state index in [0.29, 0.717) is 5.84 Å². The molecular weight excluding hydrogens is 522 g/mol. The van der Waals surface area contributed by atoms with Crippen molar-refractivity contribution >= 4 is 17.9 Å². The third-order valence-electron chi connectivity index (χ3n) is 8.66. The van der Waals surface area contributed by atoms with Gasteiger partial charge in [0, 0.05) is 17.3 Å². The summed E-state index contributed by atoms with van der Waals surface area (Å²) in [5, 5.41) is 8.93. The molecule has 0 bridgehead atoms. The van der Waals surface area contributed by atoms with Gasteiger partial charge in [0.05, 0.1) is 5.41 Å². The number of nitrogens with zero attached hydrogens (tertiary/aromatic N) is 2. The Morgan fingerprint density at radius 3 is 1.67 bits per heavy atom. The average Bonchev–Trinajstić information content (AvgIpc) is 3.55. The van der Waals surface area contributed by atoms with Crippen LogP contribution in [0.2, 0.25) is 0 Å². The number of fused-ring (bicyclic) bond motifs is 10. The quantitative estimate of drug-likeness (QED) is 0.169. The maximum atomic E-state index is 8.93. The van der Waals surface area contributed by atoms with Crippen molar-refractivity contribution in [3.05, 3.63) is 191 Å². The van der Waals surface area contributed by atoms with E-state index in [1.807, 2.05) is 66.9 Å². The topological polar surface area (TPSA) is 48.6 Å². The summed E-state index contributed by atoms with van der Waals surface area (Å²) in [6, 6.07) is 52.5. The molecule has 3 nitrogen and oxygen atoms in total. The van der Waals surface area contributed by atoms with E-state index in [1.54, 1.807) is 0 Å². The SMILES string of the molecule is N=C(N=C(N=Cc1ccccc1)c1cccc2c1-c1ccccc1C21c2ccccc2-c2ccccc21)c1ccccc1. The fourth-order valence-corrected chi connectivity index (χ4v) is 6.93. The van der Waals surface area contributed by atoms with Crippen LogP contribution < -0.4 is 0 Å². The molecule has 0 unspecified atom stereocenters. The molecule has 2 aliphatic rings. The third kappa shape index (κ3) is 3.79. The fraction of sp³-hybridized carbons (Fsp3) is 0.0250. The summed E-state index contributed by atoms with van der Waals surface area (Å²) in [6.07, 6.45) is 1.84. The van der Waals surface area contributed by atoms with Crippen molar-refractivity contribution in [3.63, 3.8) is 0 Å². The summed E-state index contributed by atoms with van der Waals surface area (Å²) in [6.45, 7) is 0. The van der Waals surface area contributed by atoms with E-state index in [-0.39, 0.29) is 5.84 Å². The van der Waals surface area contributed by atoms with Gasteiger partial charge in [-0.3, -0.25) is 5.41 Å². The van der Waals surface area contributed by atoms with E-state index in [9.17, 15) is 0 Å². The van der Waals surface area contributed by atoms with Gasteiger partial charge < -0.3 is 0 Å². The van der Waals surface area contributed by atoms with Crippen LogP contribution in [0.3, 0.4) is 0 Å². The molecule has 0 aliphatic heterocycles. The van der Waals surface area contributed by atoms with Crippen LogP contribution in [0.25, 0.3) is 22.3 Å². The van der Waals surface area contributed by atoms with E-state index in [2.05, 4.69) is 91.0 Å². The summed E-state index contributed by atoms with van der Waals surface area (Å²) in [5.74, 6) is 0.692. The lowest BCUT2D eigenvalue weighted by Gasteiger charge is -2.30. The van der Waals surface area contributed by atoms with Gasteiger partial charge in [-0.25, -0.2) is 9.98 Å². The lowest BCUT2D eigenvalue weighted by Crippen LogP contribution is -2.25. The van der Waals surface area contributed by atoms with Crippen LogP contribution in [-0.2, 0) is 5.41 Å². The van der Waals surface area contributed by atoms with E-state index < -0.39 is 5.41 Å². The molecule has 1 N–H and O–H groups in total. The van der Waals surface area contributed by atoms with Gasteiger partial charge in [0.25, 0.3) is 0 Å². The second kappa shape index (κ2) is 10.0. The predicted molar refractivity (Wildman–Crippen MR) is 177 cm³/mol. The summed E-state index contributed by atoms with van der Waals surface area (Å²) in [7, 11) is 0. The highest BCUT2D eigenvalue weighted by Crippen LogP contribution is 2.63. The van der Waals surface area contributed by atoms with E-state index in [0.717, 1.165) is 22.3 Å². The Balaban J connectivity index is 1.41. The minimum absolute atomic E-state index is 0.177. The lowest BCUT2D eigenvalue weighted by molar-refractivity contribution is 0.793. The van der Waals surface area contributed by atoms with Crippen molar-refractivity contribution < 1.29 is 0 Å². The van der Waals surface area contributed by atoms with Crippen LogP contribution in [-0.4, -0.2) is 17.9 Å². The zero-order chi connectivity index (χ0) is 28.8. The van der Waals surface area contributed by atoms with Crippen molar-refractivity contribution in [2.24, 2.45) is 9.98 Å². The van der Waals surface area contributed by atoms with Gasteiger partial charge in [0.1, 0.15) is 0 Å². The first-order valence-corrected chi connectivity index (χ1v) is 14.5. The van der Waals surface area contributed by atoms with Gasteiger partial charge in [-0.1, -0.05) is 152 Å². The molecule has 3 heteroatoms. The molecule has 0 radical (unpaired) electrons. The first-order valence-electron chi connectivity index (χ1n) is 14.5. The largest absolute Gasteiger partial charge is 0.282 e. The Hall–Kier alpha value is -5.67. The number of benzene rings is 6. The molecule has 202 valence electrons. The van der Waals surface area contributed by atoms with Crippen LogP contribution >= 0.6 is 0 Å². The molecule has 0 fully saturated rings. The lowest BCUT2D eigenvalue weighted by atomic mass is 9.70. The molecule has 8 rings (SSSR count). The minimum Gasteiger partial charge on any atom is -0.282 e. The molecule has 43 heavy (non-hydrogen) atoms. The number of amidine groups is 2. The Morgan fingerprint density at radius 2 is 1.02 bits per heavy atom. The highest BCUT2D eigenvalue weighted by Gasteiger charge is 2.52. The maximum absolute atomic E-state index is 8.93. The van der Waals surface area contributed by atoms with E-state index in [4.69, 9.17) is 15.4 Å². The molecule has 1 spiro atoms. The number of aliphatic imine (C=N–C) groups is 2. The maximum Gasteiger partial charge on any atom is 0.162 e. The van der Waals surface area contributed by atoms with Gasteiger partial charge in [-0.05, 0) is 50.1 Å². The first kappa shape index (κ1) is 25.1. The monoisotopic (exact) mass is 549 g/mol. The van der Waals surface area contributed by atoms with Crippen molar-refractivity contribution in [2.75, 3.05) is 0 Å². The van der Waals surface area contributed by atoms with E-state index in [1.165, 1.54) is 38.9 Å². The summed E-state index contributed by atoms with van der Waals surface area (Å²) in [4.78, 5) is 9.86. The standard InChI is InChI=1S/C40H27N3/c41-38(28-16-5-2-6-17-28)43-39(42-26-27-14-3-1-4-15-27)32-21-13-25-36-37(32)31-20-9-12-24-35(31)40(36)33-22-10-7-18-29(33)30-19-8-11-23-34(30)40/h1-26,41H. The highest BCUT2D eigenvalue weighted by atomic mass is 14.9. The normalized spacial score (nSPS) is 13.9. The molecule has 0 aromatic heterocycles. The zero-order valence-electron chi connectivity index (χ0n) is 23.4. The minimum atomic E-state index is -0.448. The number of hydrogen-bond acceptors (Lipinski definition) is 1. The first-order chi connectivity index (χ1) is 21.3. The predicted octanol–water partition coefficient (Wildman–Crippen LogP) is 8.92. The smallest absolute Gasteiger partial charge is 0.162 e. The van der Waals surface area contributed by atoms with Crippen LogP contribution in [0.4, 0.5) is 0 Å². The number of hydrogen-bond donors (Lipinski definition) is 1. The molecule has 6 aromatic carbocycles. The Bertz CT molecular complexity index is 2040. The molecule has 0 saturated carbocycles. The molecule has 0 saturated heterocycles. The van der Waals surface area contributed by atoms with Gasteiger partial charge in [0.15, 0.2) is 11.7 Å². The Labute approximate surface area is 251 Å². The Morgan fingerprint density at radius 1 is 0.512 bits per heavy atom. The summed E-state index contributed by atoms with van der Waals surface area (Å²) in [5.41, 5.74) is 12.1. The van der Waals surface area contributed by atoms with Gasteiger partial charge in [-0.2, -0.15) is 0 Å². The summed E-state index contributed by atoms with van der Waals surface area (Å²) >= 11 is 0. The second-order valence-electron chi connectivity index (χ2n) is 10.9. The van der Waals surface area contributed by atoms with Crippen LogP contribution in [0.5, 0.6) is 0 Å². The number of rotatable bonds is 3. The van der Waals surface area contributed by atoms with Crippen LogP contribution in [0.1, 0.15) is 38.9 Å². The van der Waals surface area contributed by atoms with Gasteiger partial charge in [-0.15, -0.1) is 0 Å².